The normalized spacial score (nSPS) is 14.9. The summed E-state index contributed by atoms with van der Waals surface area (Å²) in [6, 6.07) is 7.57. The Hall–Kier alpha value is -1.97. The van der Waals surface area contributed by atoms with Crippen molar-refractivity contribution in [3.63, 3.8) is 0 Å². The maximum atomic E-state index is 12.8. The molecular weight excluding hydrogens is 420 g/mol. The van der Waals surface area contributed by atoms with Crippen LogP contribution in [0, 0.1) is 0 Å². The van der Waals surface area contributed by atoms with Crippen LogP contribution in [0.2, 0.25) is 0 Å². The van der Waals surface area contributed by atoms with E-state index in [9.17, 15) is 13.2 Å². The predicted octanol–water partition coefficient (Wildman–Crippen LogP) is 2.73. The molecule has 0 radical (unpaired) electrons. The van der Waals surface area contributed by atoms with E-state index in [1.54, 1.807) is 18.3 Å². The van der Waals surface area contributed by atoms with Crippen LogP contribution in [0.25, 0.3) is 0 Å². The van der Waals surface area contributed by atoms with Crippen molar-refractivity contribution >= 4 is 43.4 Å². The summed E-state index contributed by atoms with van der Waals surface area (Å²) in [7, 11) is -3.84. The number of nitrogens with two attached hydrogens (primary N) is 1. The molecule has 0 aliphatic carbocycles. The molecule has 3 N–H and O–H groups in total. The zero-order valence-electron chi connectivity index (χ0n) is 14.0. The monoisotopic (exact) mass is 438 g/mol. The van der Waals surface area contributed by atoms with Crippen molar-refractivity contribution in [1.29, 1.82) is 0 Å². The Morgan fingerprint density at radius 2 is 1.92 bits per heavy atom. The molecule has 2 heterocycles. The summed E-state index contributed by atoms with van der Waals surface area (Å²) in [6.45, 7) is 1.71. The van der Waals surface area contributed by atoms with Crippen molar-refractivity contribution in [2.45, 2.75) is 24.2 Å². The molecule has 26 heavy (non-hydrogen) atoms. The van der Waals surface area contributed by atoms with Gasteiger partial charge in [0.25, 0.3) is 5.91 Å². The van der Waals surface area contributed by atoms with Gasteiger partial charge in [0.05, 0.1) is 10.5 Å². The summed E-state index contributed by atoms with van der Waals surface area (Å²) in [5.41, 5.74) is 0.786. The summed E-state index contributed by atoms with van der Waals surface area (Å²) in [5.74, 6) is 0.277. The van der Waals surface area contributed by atoms with E-state index >= 15 is 0 Å². The van der Waals surface area contributed by atoms with Crippen molar-refractivity contribution in [2.75, 3.05) is 23.3 Å². The van der Waals surface area contributed by atoms with Crippen LogP contribution >= 0.6 is 15.9 Å². The number of primary sulfonamides is 1. The Morgan fingerprint density at radius 1 is 1.19 bits per heavy atom. The first-order valence-electron chi connectivity index (χ1n) is 8.19. The minimum Gasteiger partial charge on any atom is -0.356 e. The average molecular weight is 439 g/mol. The van der Waals surface area contributed by atoms with Gasteiger partial charge in [-0.2, -0.15) is 0 Å². The number of carbonyl (C=O) groups excluding carboxylic acids is 1. The van der Waals surface area contributed by atoms with Crippen LogP contribution in [0.3, 0.4) is 0 Å². The lowest BCUT2D eigenvalue weighted by atomic mass is 10.1. The number of carbonyl (C=O) groups is 1. The molecule has 3 rings (SSSR count). The maximum Gasteiger partial charge on any atom is 0.259 e. The van der Waals surface area contributed by atoms with Gasteiger partial charge in [0.1, 0.15) is 5.82 Å². The molecular formula is C17H19BrN4O3S. The Labute approximate surface area is 160 Å². The number of halogens is 1. The number of hydrogen-bond donors (Lipinski definition) is 2. The summed E-state index contributed by atoms with van der Waals surface area (Å²) >= 11 is 3.35. The first-order chi connectivity index (χ1) is 12.3. The number of hydrogen-bond acceptors (Lipinski definition) is 5. The molecule has 1 aliphatic heterocycles. The molecule has 1 saturated heterocycles. The van der Waals surface area contributed by atoms with Gasteiger partial charge in [-0.3, -0.25) is 4.79 Å². The Bertz CT molecular complexity index is 927. The predicted molar refractivity (Wildman–Crippen MR) is 104 cm³/mol. The van der Waals surface area contributed by atoms with Crippen molar-refractivity contribution in [2.24, 2.45) is 5.14 Å². The number of benzene rings is 1. The third kappa shape index (κ3) is 4.40. The van der Waals surface area contributed by atoms with Gasteiger partial charge in [0.15, 0.2) is 0 Å². The van der Waals surface area contributed by atoms with Crippen LogP contribution in [0.5, 0.6) is 0 Å². The lowest BCUT2D eigenvalue weighted by molar-refractivity contribution is 0.102. The average Bonchev–Trinajstić information content (AvgIpc) is 2.62. The highest BCUT2D eigenvalue weighted by atomic mass is 79.9. The van der Waals surface area contributed by atoms with E-state index < -0.39 is 10.0 Å². The van der Waals surface area contributed by atoms with E-state index in [1.165, 1.54) is 24.6 Å². The Kier molecular flexibility index (Phi) is 5.59. The fraction of sp³-hybridized carbons (Fsp3) is 0.294. The van der Waals surface area contributed by atoms with E-state index in [0.29, 0.717) is 21.5 Å². The van der Waals surface area contributed by atoms with Crippen LogP contribution in [-0.4, -0.2) is 32.4 Å². The van der Waals surface area contributed by atoms with Crippen LogP contribution < -0.4 is 15.4 Å². The topological polar surface area (TPSA) is 105 Å². The van der Waals surface area contributed by atoms with E-state index in [2.05, 4.69) is 31.1 Å². The van der Waals surface area contributed by atoms with Crippen molar-refractivity contribution in [3.05, 3.63) is 46.6 Å². The number of anilines is 2. The smallest absolute Gasteiger partial charge is 0.259 e. The molecule has 138 valence electrons. The number of nitrogens with one attached hydrogen (secondary N) is 1. The van der Waals surface area contributed by atoms with Crippen LogP contribution in [0.15, 0.2) is 45.9 Å². The van der Waals surface area contributed by atoms with E-state index in [-0.39, 0.29) is 10.8 Å². The fourth-order valence-electron chi connectivity index (χ4n) is 2.91. The van der Waals surface area contributed by atoms with Crippen LogP contribution in [-0.2, 0) is 10.0 Å². The zero-order valence-corrected chi connectivity index (χ0v) is 16.4. The van der Waals surface area contributed by atoms with Crippen LogP contribution in [0.1, 0.15) is 29.6 Å². The third-order valence-electron chi connectivity index (χ3n) is 4.15. The van der Waals surface area contributed by atoms with Gasteiger partial charge >= 0.3 is 0 Å². The van der Waals surface area contributed by atoms with Gasteiger partial charge in [-0.25, -0.2) is 18.5 Å². The lowest BCUT2D eigenvalue weighted by Gasteiger charge is -2.29. The standard InChI is InChI=1S/C17H19BrN4O3S/c18-12-9-15(16(20-11-12)22-7-2-1-3-8-22)17(23)21-13-5-4-6-14(10-13)26(19,24)25/h4-6,9-11H,1-3,7-8H2,(H,21,23)(H2,19,24,25). The van der Waals surface area contributed by atoms with Gasteiger partial charge in [-0.15, -0.1) is 0 Å². The quantitative estimate of drug-likeness (QED) is 0.762. The number of rotatable bonds is 4. The molecule has 0 spiro atoms. The van der Waals surface area contributed by atoms with E-state index in [0.717, 1.165) is 25.9 Å². The minimum atomic E-state index is -3.84. The Morgan fingerprint density at radius 3 is 2.62 bits per heavy atom. The number of piperidine rings is 1. The first kappa shape index (κ1) is 18.8. The number of pyridine rings is 1. The number of aromatic nitrogens is 1. The third-order valence-corrected chi connectivity index (χ3v) is 5.50. The summed E-state index contributed by atoms with van der Waals surface area (Å²) < 4.78 is 23.7. The molecule has 9 heteroatoms. The van der Waals surface area contributed by atoms with Gasteiger partial charge in [-0.1, -0.05) is 6.07 Å². The van der Waals surface area contributed by atoms with Gasteiger partial charge < -0.3 is 10.2 Å². The summed E-state index contributed by atoms with van der Waals surface area (Å²) in [6.07, 6.45) is 4.97. The SMILES string of the molecule is NS(=O)(=O)c1cccc(NC(=O)c2cc(Br)cnc2N2CCCCC2)c1. The van der Waals surface area contributed by atoms with Gasteiger partial charge in [0.2, 0.25) is 10.0 Å². The van der Waals surface area contributed by atoms with Crippen LogP contribution in [0.4, 0.5) is 11.5 Å². The highest BCUT2D eigenvalue weighted by molar-refractivity contribution is 9.10. The molecule has 2 aromatic rings. The van der Waals surface area contributed by atoms with Crippen molar-refractivity contribution < 1.29 is 13.2 Å². The lowest BCUT2D eigenvalue weighted by Crippen LogP contribution is -2.32. The van der Waals surface area contributed by atoms with Crippen molar-refractivity contribution in [3.8, 4) is 0 Å². The highest BCUT2D eigenvalue weighted by Gasteiger charge is 2.21. The fourth-order valence-corrected chi connectivity index (χ4v) is 3.80. The molecule has 0 saturated carbocycles. The molecule has 0 unspecified atom stereocenters. The summed E-state index contributed by atoms with van der Waals surface area (Å²) in [4.78, 5) is 19.3. The zero-order chi connectivity index (χ0) is 18.7. The molecule has 0 atom stereocenters. The second-order valence-electron chi connectivity index (χ2n) is 6.10. The molecule has 7 nitrogen and oxygen atoms in total. The van der Waals surface area contributed by atoms with E-state index in [1.807, 2.05) is 0 Å². The number of sulfonamides is 1. The molecule has 1 aromatic carbocycles. The van der Waals surface area contributed by atoms with Gasteiger partial charge in [0, 0.05) is 29.4 Å². The first-order valence-corrected chi connectivity index (χ1v) is 10.5. The Balaban J connectivity index is 1.89. The van der Waals surface area contributed by atoms with Crippen molar-refractivity contribution in [1.82, 2.24) is 4.98 Å². The molecule has 1 aliphatic rings. The molecule has 1 aromatic heterocycles. The van der Waals surface area contributed by atoms with Gasteiger partial charge in [-0.05, 0) is 59.5 Å². The highest BCUT2D eigenvalue weighted by Crippen LogP contribution is 2.26. The summed E-state index contributed by atoms with van der Waals surface area (Å²) in [5, 5.41) is 7.88. The number of nitrogens with zero attached hydrogens (tertiary/aromatic N) is 2. The minimum absolute atomic E-state index is 0.0566. The maximum absolute atomic E-state index is 12.8. The van der Waals surface area contributed by atoms with E-state index in [4.69, 9.17) is 5.14 Å². The second-order valence-corrected chi connectivity index (χ2v) is 8.58. The largest absolute Gasteiger partial charge is 0.356 e. The molecule has 1 amide bonds. The number of amides is 1. The molecule has 0 bridgehead atoms. The molecule has 1 fully saturated rings. The second kappa shape index (κ2) is 7.73.